The Morgan fingerprint density at radius 3 is 2.47 bits per heavy atom. The lowest BCUT2D eigenvalue weighted by Gasteiger charge is -2.18. The number of hydrogen-bond acceptors (Lipinski definition) is 3. The predicted molar refractivity (Wildman–Crippen MR) is 70.9 cm³/mol. The van der Waals surface area contributed by atoms with Crippen molar-refractivity contribution in [2.45, 2.75) is 6.61 Å². The topological polar surface area (TPSA) is 66.8 Å². The van der Waals surface area contributed by atoms with Gasteiger partial charge in [0.25, 0.3) is 5.91 Å². The zero-order valence-corrected chi connectivity index (χ0v) is 10.8. The molecule has 0 unspecified atom stereocenters. The van der Waals surface area contributed by atoms with E-state index in [9.17, 15) is 9.59 Å². The maximum Gasteiger partial charge on any atom is 0.323 e. The Balaban J connectivity index is 2.83. The van der Waals surface area contributed by atoms with Crippen molar-refractivity contribution >= 4 is 11.9 Å². The zero-order chi connectivity index (χ0) is 14.3. The fourth-order valence-corrected chi connectivity index (χ4v) is 1.63. The minimum atomic E-state index is -1.05. The molecule has 0 aliphatic heterocycles. The molecule has 0 heterocycles. The first-order chi connectivity index (χ1) is 9.08. The van der Waals surface area contributed by atoms with Crippen LogP contribution in [-0.2, 0) is 16.1 Å². The number of benzene rings is 1. The molecule has 1 amide bonds. The number of rotatable bonds is 7. The van der Waals surface area contributed by atoms with Gasteiger partial charge in [-0.15, -0.1) is 6.58 Å². The molecular weight excluding hydrogens is 246 g/mol. The Morgan fingerprint density at radius 1 is 1.37 bits per heavy atom. The molecule has 1 rings (SSSR count). The molecule has 0 bridgehead atoms. The predicted octanol–water partition coefficient (Wildman–Crippen LogP) is 1.55. The molecule has 0 spiro atoms. The average Bonchev–Trinajstić information content (AvgIpc) is 2.38. The van der Waals surface area contributed by atoms with Crippen molar-refractivity contribution in [3.63, 3.8) is 0 Å². The van der Waals surface area contributed by atoms with Crippen LogP contribution in [0.4, 0.5) is 0 Å². The van der Waals surface area contributed by atoms with Crippen molar-refractivity contribution in [3.8, 4) is 0 Å². The zero-order valence-electron chi connectivity index (χ0n) is 10.8. The molecule has 0 atom stereocenters. The minimum absolute atomic E-state index is 0.199. The number of methoxy groups -OCH3 is 1. The molecule has 1 aromatic rings. The number of aliphatic carboxylic acids is 1. The summed E-state index contributed by atoms with van der Waals surface area (Å²) in [7, 11) is 1.59. The van der Waals surface area contributed by atoms with Crippen LogP contribution < -0.4 is 0 Å². The average molecular weight is 263 g/mol. The highest BCUT2D eigenvalue weighted by Crippen LogP contribution is 2.09. The Kier molecular flexibility index (Phi) is 5.75. The van der Waals surface area contributed by atoms with Gasteiger partial charge >= 0.3 is 5.97 Å². The van der Waals surface area contributed by atoms with E-state index >= 15 is 0 Å². The first-order valence-corrected chi connectivity index (χ1v) is 5.78. The Bertz CT molecular complexity index is 453. The normalized spacial score (nSPS) is 9.95. The first kappa shape index (κ1) is 14.9. The fourth-order valence-electron chi connectivity index (χ4n) is 1.63. The summed E-state index contributed by atoms with van der Waals surface area (Å²) in [5, 5.41) is 8.78. The Morgan fingerprint density at radius 2 is 2.00 bits per heavy atom. The third kappa shape index (κ3) is 4.56. The van der Waals surface area contributed by atoms with Crippen molar-refractivity contribution in [2.24, 2.45) is 0 Å². The summed E-state index contributed by atoms with van der Waals surface area (Å²) in [5.41, 5.74) is 1.40. The van der Waals surface area contributed by atoms with E-state index in [0.29, 0.717) is 12.2 Å². The van der Waals surface area contributed by atoms with Crippen molar-refractivity contribution in [3.05, 3.63) is 48.0 Å². The number of carbonyl (C=O) groups excluding carboxylic acids is 1. The van der Waals surface area contributed by atoms with Crippen LogP contribution in [0.25, 0.3) is 0 Å². The van der Waals surface area contributed by atoms with Gasteiger partial charge in [0.05, 0.1) is 6.61 Å². The highest BCUT2D eigenvalue weighted by Gasteiger charge is 2.17. The second-order valence-corrected chi connectivity index (χ2v) is 4.00. The van der Waals surface area contributed by atoms with E-state index in [4.69, 9.17) is 9.84 Å². The SMILES string of the molecule is C=CCN(CC(=O)O)C(=O)c1ccc(COC)cc1. The van der Waals surface area contributed by atoms with Crippen molar-refractivity contribution < 1.29 is 19.4 Å². The van der Waals surface area contributed by atoms with Gasteiger partial charge in [0, 0.05) is 19.2 Å². The lowest BCUT2D eigenvalue weighted by molar-refractivity contribution is -0.137. The molecule has 1 N–H and O–H groups in total. The van der Waals surface area contributed by atoms with Gasteiger partial charge in [-0.05, 0) is 17.7 Å². The Labute approximate surface area is 112 Å². The van der Waals surface area contributed by atoms with Gasteiger partial charge in [-0.3, -0.25) is 9.59 Å². The third-order valence-corrected chi connectivity index (χ3v) is 2.47. The number of carboxylic acid groups (broad SMARTS) is 1. The molecule has 0 saturated carbocycles. The number of carbonyl (C=O) groups is 2. The lowest BCUT2D eigenvalue weighted by Crippen LogP contribution is -2.35. The Hall–Kier alpha value is -2.14. The van der Waals surface area contributed by atoms with Gasteiger partial charge in [0.2, 0.25) is 0 Å². The molecule has 1 aromatic carbocycles. The maximum absolute atomic E-state index is 12.1. The van der Waals surface area contributed by atoms with Crippen molar-refractivity contribution in [1.29, 1.82) is 0 Å². The molecule has 5 nitrogen and oxygen atoms in total. The highest BCUT2D eigenvalue weighted by atomic mass is 16.5. The molecule has 5 heteroatoms. The van der Waals surface area contributed by atoms with Crippen LogP contribution in [0.2, 0.25) is 0 Å². The lowest BCUT2D eigenvalue weighted by atomic mass is 10.1. The third-order valence-electron chi connectivity index (χ3n) is 2.47. The largest absolute Gasteiger partial charge is 0.480 e. The monoisotopic (exact) mass is 263 g/mol. The van der Waals surface area contributed by atoms with E-state index in [2.05, 4.69) is 6.58 Å². The highest BCUT2D eigenvalue weighted by molar-refractivity contribution is 5.95. The smallest absolute Gasteiger partial charge is 0.323 e. The van der Waals surface area contributed by atoms with Crippen molar-refractivity contribution in [1.82, 2.24) is 4.90 Å². The summed E-state index contributed by atoms with van der Waals surface area (Å²) in [6, 6.07) is 6.89. The van der Waals surface area contributed by atoms with Crippen LogP contribution in [0, 0.1) is 0 Å². The molecule has 0 aliphatic carbocycles. The van der Waals surface area contributed by atoms with Crippen LogP contribution in [0.3, 0.4) is 0 Å². The van der Waals surface area contributed by atoms with E-state index in [1.165, 1.54) is 11.0 Å². The number of nitrogens with zero attached hydrogens (tertiary/aromatic N) is 1. The van der Waals surface area contributed by atoms with Gasteiger partial charge < -0.3 is 14.7 Å². The van der Waals surface area contributed by atoms with Crippen LogP contribution in [0.1, 0.15) is 15.9 Å². The summed E-state index contributed by atoms with van der Waals surface area (Å²) in [5.74, 6) is -1.38. The van der Waals surface area contributed by atoms with E-state index in [1.807, 2.05) is 0 Å². The first-order valence-electron chi connectivity index (χ1n) is 5.78. The molecule has 0 saturated heterocycles. The standard InChI is InChI=1S/C14H17NO4/c1-3-8-15(9-13(16)17)14(18)12-6-4-11(5-7-12)10-19-2/h3-7H,1,8-10H2,2H3,(H,16,17). The summed E-state index contributed by atoms with van der Waals surface area (Å²) in [6.07, 6.45) is 1.50. The van der Waals surface area contributed by atoms with E-state index < -0.39 is 5.97 Å². The summed E-state index contributed by atoms with van der Waals surface area (Å²) in [4.78, 5) is 24.1. The number of hydrogen-bond donors (Lipinski definition) is 1. The van der Waals surface area contributed by atoms with E-state index in [1.54, 1.807) is 31.4 Å². The second-order valence-electron chi connectivity index (χ2n) is 4.00. The van der Waals surface area contributed by atoms with Gasteiger partial charge in [0.15, 0.2) is 0 Å². The van der Waals surface area contributed by atoms with Gasteiger partial charge in [-0.1, -0.05) is 18.2 Å². The maximum atomic E-state index is 12.1. The van der Waals surface area contributed by atoms with Gasteiger partial charge in [0.1, 0.15) is 6.54 Å². The van der Waals surface area contributed by atoms with Crippen LogP contribution in [0.5, 0.6) is 0 Å². The molecule has 0 aliphatic rings. The molecule has 102 valence electrons. The van der Waals surface area contributed by atoms with Gasteiger partial charge in [-0.2, -0.15) is 0 Å². The second kappa shape index (κ2) is 7.33. The minimum Gasteiger partial charge on any atom is -0.480 e. The quantitative estimate of drug-likeness (QED) is 0.758. The summed E-state index contributed by atoms with van der Waals surface area (Å²) < 4.78 is 4.98. The summed E-state index contributed by atoms with van der Waals surface area (Å²) >= 11 is 0. The van der Waals surface area contributed by atoms with Crippen molar-refractivity contribution in [2.75, 3.05) is 20.2 Å². The number of amides is 1. The van der Waals surface area contributed by atoms with Crippen LogP contribution in [0.15, 0.2) is 36.9 Å². The fraction of sp³-hybridized carbons (Fsp3) is 0.286. The summed E-state index contributed by atoms with van der Waals surface area (Å²) in [6.45, 7) is 3.85. The molecule has 0 fully saturated rings. The van der Waals surface area contributed by atoms with Gasteiger partial charge in [-0.25, -0.2) is 0 Å². The molecule has 0 aromatic heterocycles. The number of ether oxygens (including phenoxy) is 1. The number of carboxylic acids is 1. The molecule has 19 heavy (non-hydrogen) atoms. The van der Waals surface area contributed by atoms with Crippen LogP contribution in [-0.4, -0.2) is 42.1 Å². The van der Waals surface area contributed by atoms with E-state index in [0.717, 1.165) is 5.56 Å². The molecule has 0 radical (unpaired) electrons. The van der Waals surface area contributed by atoms with E-state index in [-0.39, 0.29) is 19.0 Å². The van der Waals surface area contributed by atoms with Crippen LogP contribution >= 0.6 is 0 Å². The molecular formula is C14H17NO4.